The van der Waals surface area contributed by atoms with Crippen LogP contribution in [0.5, 0.6) is 5.75 Å². The first kappa shape index (κ1) is 15.4. The molecule has 0 aliphatic carbocycles. The molecule has 0 atom stereocenters. The van der Waals surface area contributed by atoms with Gasteiger partial charge < -0.3 is 14.2 Å². The first-order valence-corrected chi connectivity index (χ1v) is 8.58. The van der Waals surface area contributed by atoms with E-state index in [0.717, 1.165) is 23.3 Å². The summed E-state index contributed by atoms with van der Waals surface area (Å²) in [5, 5.41) is 0. The summed E-state index contributed by atoms with van der Waals surface area (Å²) < 4.78 is 17.6. The van der Waals surface area contributed by atoms with E-state index < -0.39 is 5.79 Å². The summed E-state index contributed by atoms with van der Waals surface area (Å²) in [6.07, 6.45) is 2.99. The lowest BCUT2D eigenvalue weighted by Crippen LogP contribution is -2.39. The molecular weight excluding hydrogens is 296 g/mol. The zero-order valence-corrected chi connectivity index (χ0v) is 13.7. The van der Waals surface area contributed by atoms with Crippen LogP contribution in [0.25, 0.3) is 0 Å². The first-order valence-electron chi connectivity index (χ1n) is 7.36. The molecule has 1 heterocycles. The first-order chi connectivity index (χ1) is 10.8. The van der Waals surface area contributed by atoms with Crippen LogP contribution in [0.2, 0.25) is 0 Å². The van der Waals surface area contributed by atoms with Crippen molar-refractivity contribution in [2.45, 2.75) is 17.1 Å². The lowest BCUT2D eigenvalue weighted by molar-refractivity contribution is -0.250. The highest BCUT2D eigenvalue weighted by atomic mass is 32.2. The Bertz CT molecular complexity index is 618. The van der Waals surface area contributed by atoms with Crippen LogP contribution in [0.15, 0.2) is 53.4 Å². The zero-order valence-electron chi connectivity index (χ0n) is 12.9. The molecule has 1 aliphatic heterocycles. The summed E-state index contributed by atoms with van der Waals surface area (Å²) in [6.45, 7) is 1.38. The van der Waals surface area contributed by atoms with E-state index in [0.29, 0.717) is 13.2 Å². The van der Waals surface area contributed by atoms with Gasteiger partial charge in [0.15, 0.2) is 0 Å². The smallest absolute Gasteiger partial charge is 0.223 e. The predicted octanol–water partition coefficient (Wildman–Crippen LogP) is 4.06. The Morgan fingerprint density at radius 1 is 1.00 bits per heavy atom. The fraction of sp³-hybridized carbons (Fsp3) is 0.333. The average Bonchev–Trinajstić information content (AvgIpc) is 2.62. The van der Waals surface area contributed by atoms with Gasteiger partial charge in [-0.15, -0.1) is 11.8 Å². The van der Waals surface area contributed by atoms with Crippen LogP contribution in [0.4, 0.5) is 0 Å². The van der Waals surface area contributed by atoms with Crippen molar-refractivity contribution in [2.24, 2.45) is 0 Å². The standard InChI is InChI=1S/C18H20O3S/c1-19-15-10-8-14(9-11-15)18(20-12-5-13-21-18)16-6-3-4-7-17(16)22-2/h3-4,6-11H,5,12-13H2,1-2H3. The zero-order chi connectivity index (χ0) is 15.4. The van der Waals surface area contributed by atoms with Crippen molar-refractivity contribution < 1.29 is 14.2 Å². The third kappa shape index (κ3) is 2.74. The van der Waals surface area contributed by atoms with Gasteiger partial charge in [0.2, 0.25) is 5.79 Å². The van der Waals surface area contributed by atoms with Gasteiger partial charge in [-0.2, -0.15) is 0 Å². The molecular formula is C18H20O3S. The largest absolute Gasteiger partial charge is 0.497 e. The summed E-state index contributed by atoms with van der Waals surface area (Å²) in [6, 6.07) is 16.2. The van der Waals surface area contributed by atoms with Crippen LogP contribution in [0.1, 0.15) is 17.5 Å². The highest BCUT2D eigenvalue weighted by molar-refractivity contribution is 7.98. The van der Waals surface area contributed by atoms with Gasteiger partial charge in [0, 0.05) is 16.0 Å². The van der Waals surface area contributed by atoms with Crippen LogP contribution in [-0.4, -0.2) is 26.6 Å². The van der Waals surface area contributed by atoms with Gasteiger partial charge in [-0.3, -0.25) is 0 Å². The molecule has 0 radical (unpaired) electrons. The molecule has 1 fully saturated rings. The quantitative estimate of drug-likeness (QED) is 0.795. The summed E-state index contributed by atoms with van der Waals surface area (Å²) in [5.74, 6) is -0.00252. The Hall–Kier alpha value is -1.49. The van der Waals surface area contributed by atoms with E-state index in [9.17, 15) is 0 Å². The minimum atomic E-state index is -0.829. The molecule has 1 aliphatic rings. The van der Waals surface area contributed by atoms with Gasteiger partial charge >= 0.3 is 0 Å². The summed E-state index contributed by atoms with van der Waals surface area (Å²) in [5.41, 5.74) is 2.06. The summed E-state index contributed by atoms with van der Waals surface area (Å²) >= 11 is 1.71. The lowest BCUT2D eigenvalue weighted by atomic mass is 9.96. The number of hydrogen-bond acceptors (Lipinski definition) is 4. The van der Waals surface area contributed by atoms with Gasteiger partial charge in [0.25, 0.3) is 0 Å². The van der Waals surface area contributed by atoms with Gasteiger partial charge in [-0.25, -0.2) is 0 Å². The van der Waals surface area contributed by atoms with Crippen LogP contribution in [0.3, 0.4) is 0 Å². The van der Waals surface area contributed by atoms with Gasteiger partial charge in [0.1, 0.15) is 5.75 Å². The van der Waals surface area contributed by atoms with E-state index in [1.54, 1.807) is 18.9 Å². The highest BCUT2D eigenvalue weighted by Crippen LogP contribution is 2.41. The third-order valence-electron chi connectivity index (χ3n) is 3.83. The Kier molecular flexibility index (Phi) is 4.71. The Balaban J connectivity index is 2.11. The SMILES string of the molecule is COc1ccc(C2(c3ccccc3SC)OCCCO2)cc1. The van der Waals surface area contributed by atoms with Crippen molar-refractivity contribution in [1.29, 1.82) is 0 Å². The van der Waals surface area contributed by atoms with Gasteiger partial charge in [-0.05, 0) is 43.0 Å². The highest BCUT2D eigenvalue weighted by Gasteiger charge is 2.40. The summed E-state index contributed by atoms with van der Waals surface area (Å²) in [7, 11) is 1.67. The van der Waals surface area contributed by atoms with Crippen LogP contribution < -0.4 is 4.74 Å². The van der Waals surface area contributed by atoms with E-state index in [2.05, 4.69) is 18.4 Å². The van der Waals surface area contributed by atoms with Gasteiger partial charge in [-0.1, -0.05) is 18.2 Å². The maximum Gasteiger partial charge on any atom is 0.223 e. The second kappa shape index (κ2) is 6.73. The second-order valence-corrected chi connectivity index (χ2v) is 5.94. The molecule has 0 aromatic heterocycles. The topological polar surface area (TPSA) is 27.7 Å². The molecule has 116 valence electrons. The maximum absolute atomic E-state index is 6.18. The van der Waals surface area contributed by atoms with Crippen LogP contribution in [0, 0.1) is 0 Å². The van der Waals surface area contributed by atoms with E-state index >= 15 is 0 Å². The molecule has 0 spiro atoms. The third-order valence-corrected chi connectivity index (χ3v) is 4.63. The van der Waals surface area contributed by atoms with Crippen LogP contribution >= 0.6 is 11.8 Å². The number of ether oxygens (including phenoxy) is 3. The molecule has 0 saturated carbocycles. The molecule has 4 heteroatoms. The number of rotatable bonds is 4. The Labute approximate surface area is 135 Å². The molecule has 2 aromatic carbocycles. The van der Waals surface area contributed by atoms with E-state index in [1.165, 1.54) is 4.90 Å². The van der Waals surface area contributed by atoms with Crippen molar-refractivity contribution in [3.63, 3.8) is 0 Å². The number of benzene rings is 2. The number of methoxy groups -OCH3 is 1. The molecule has 22 heavy (non-hydrogen) atoms. The summed E-state index contributed by atoms with van der Waals surface area (Å²) in [4.78, 5) is 1.17. The average molecular weight is 316 g/mol. The van der Waals surface area contributed by atoms with E-state index in [4.69, 9.17) is 14.2 Å². The normalized spacial score (nSPS) is 17.2. The van der Waals surface area contributed by atoms with Crippen molar-refractivity contribution in [3.8, 4) is 5.75 Å². The second-order valence-electron chi connectivity index (χ2n) is 5.10. The molecule has 3 nitrogen and oxygen atoms in total. The number of thioether (sulfide) groups is 1. The van der Waals surface area contributed by atoms with Gasteiger partial charge in [0.05, 0.1) is 20.3 Å². The van der Waals surface area contributed by atoms with Crippen molar-refractivity contribution in [3.05, 3.63) is 59.7 Å². The Morgan fingerprint density at radius 2 is 1.68 bits per heavy atom. The monoisotopic (exact) mass is 316 g/mol. The predicted molar refractivity (Wildman–Crippen MR) is 88.5 cm³/mol. The maximum atomic E-state index is 6.18. The molecule has 3 rings (SSSR count). The van der Waals surface area contributed by atoms with E-state index in [-0.39, 0.29) is 0 Å². The minimum Gasteiger partial charge on any atom is -0.497 e. The fourth-order valence-electron chi connectivity index (χ4n) is 2.74. The van der Waals surface area contributed by atoms with E-state index in [1.807, 2.05) is 36.4 Å². The molecule has 2 aromatic rings. The van der Waals surface area contributed by atoms with Crippen molar-refractivity contribution in [2.75, 3.05) is 26.6 Å². The van der Waals surface area contributed by atoms with Crippen LogP contribution in [-0.2, 0) is 15.3 Å². The fourth-order valence-corrected chi connectivity index (χ4v) is 3.37. The molecule has 0 bridgehead atoms. The molecule has 0 unspecified atom stereocenters. The minimum absolute atomic E-state index is 0.689. The molecule has 0 N–H and O–H groups in total. The molecule has 1 saturated heterocycles. The van der Waals surface area contributed by atoms with Crippen molar-refractivity contribution in [1.82, 2.24) is 0 Å². The van der Waals surface area contributed by atoms with Crippen molar-refractivity contribution >= 4 is 11.8 Å². The Morgan fingerprint density at radius 3 is 2.32 bits per heavy atom. The number of hydrogen-bond donors (Lipinski definition) is 0. The molecule has 0 amide bonds. The lowest BCUT2D eigenvalue weighted by Gasteiger charge is -2.38.